The number of benzene rings is 3. The summed E-state index contributed by atoms with van der Waals surface area (Å²) < 4.78 is 34.6. The number of rotatable bonds is 10. The van der Waals surface area contributed by atoms with Crippen molar-refractivity contribution in [1.82, 2.24) is 4.90 Å². The molecule has 0 bridgehead atoms. The molecule has 0 spiro atoms. The number of aliphatic imine (C=N–C) groups is 1. The molecular weight excluding hydrogens is 583 g/mol. The lowest BCUT2D eigenvalue weighted by molar-refractivity contribution is 0.0709. The van der Waals surface area contributed by atoms with E-state index < -0.39 is 6.43 Å². The second kappa shape index (κ2) is 16.6. The normalized spacial score (nSPS) is 16.6. The summed E-state index contributed by atoms with van der Waals surface area (Å²) in [5, 5.41) is 3.42. The molecular formula is C39H48F3N3O. The van der Waals surface area contributed by atoms with Crippen LogP contribution in [0, 0.1) is 30.5 Å². The van der Waals surface area contributed by atoms with Crippen LogP contribution in [0.2, 0.25) is 0 Å². The van der Waals surface area contributed by atoms with Crippen LogP contribution >= 0.6 is 0 Å². The molecule has 2 aliphatic rings. The molecule has 1 aliphatic heterocycles. The first-order valence-corrected chi connectivity index (χ1v) is 16.7. The predicted octanol–water partition coefficient (Wildman–Crippen LogP) is 11.0. The number of nitrogens with zero attached hydrogens (tertiary/aromatic N) is 2. The molecule has 5 rings (SSSR count). The SMILES string of the molecule is CC(F)F.CC/C=C(/c1cc(C(=O)N2CCC(C(=Nc3ccccc3C)C(C)CC)CC2)ccc1Nc1cccc(F)c1)C1CC1. The number of halogens is 3. The molecule has 0 radical (unpaired) electrons. The third-order valence-corrected chi connectivity index (χ3v) is 8.81. The molecule has 1 saturated heterocycles. The van der Waals surface area contributed by atoms with Crippen LogP contribution in [0.1, 0.15) is 87.7 Å². The van der Waals surface area contributed by atoms with Crippen molar-refractivity contribution in [3.05, 3.63) is 95.3 Å². The molecule has 246 valence electrons. The standard InChI is InChI=1S/C37H44FN3O.C2H4F2/c1-5-10-32(27-15-16-27)33-23-29(17-18-35(33)39-31-13-9-12-30(38)24-31)37(42)41-21-19-28(20-22-41)36(25(3)6-2)40-34-14-8-7-11-26(34)4;1-2(3)4/h7-14,17-18,23-25,27-28,39H,5-6,15-16,19-22H2,1-4H3;2H,1H3/b32-10+,40-36?;. The molecule has 46 heavy (non-hydrogen) atoms. The molecule has 3 aromatic rings. The number of carbonyl (C=O) groups excluding carboxylic acids is 1. The Morgan fingerprint density at radius 2 is 1.65 bits per heavy atom. The molecule has 1 amide bonds. The summed E-state index contributed by atoms with van der Waals surface area (Å²) >= 11 is 0. The Kier molecular flexibility index (Phi) is 12.6. The van der Waals surface area contributed by atoms with Crippen LogP contribution in [0.15, 0.2) is 77.8 Å². The fraction of sp³-hybridized carbons (Fsp3) is 0.436. The Labute approximate surface area is 272 Å². The minimum atomic E-state index is -2.17. The first-order valence-electron chi connectivity index (χ1n) is 16.7. The Hall–Kier alpha value is -3.87. The van der Waals surface area contributed by atoms with E-state index in [0.717, 1.165) is 62.6 Å². The minimum absolute atomic E-state index is 0.0829. The molecule has 3 aromatic carbocycles. The van der Waals surface area contributed by atoms with Crippen molar-refractivity contribution in [3.63, 3.8) is 0 Å². The van der Waals surface area contributed by atoms with Gasteiger partial charge in [-0.3, -0.25) is 9.79 Å². The van der Waals surface area contributed by atoms with Gasteiger partial charge in [0.05, 0.1) is 5.69 Å². The van der Waals surface area contributed by atoms with Gasteiger partial charge in [-0.2, -0.15) is 0 Å². The van der Waals surface area contributed by atoms with Crippen LogP contribution in [0.5, 0.6) is 0 Å². The summed E-state index contributed by atoms with van der Waals surface area (Å²) in [5.41, 5.74) is 8.18. The van der Waals surface area contributed by atoms with E-state index in [2.05, 4.69) is 69.4 Å². The number of likely N-dealkylation sites (tertiary alicyclic amines) is 1. The third kappa shape index (κ3) is 9.57. The molecule has 1 aliphatic carbocycles. The molecule has 0 aromatic heterocycles. The van der Waals surface area contributed by atoms with Gasteiger partial charge in [-0.05, 0) is 118 Å². The van der Waals surface area contributed by atoms with Gasteiger partial charge in [-0.1, -0.05) is 51.1 Å². The van der Waals surface area contributed by atoms with Crippen LogP contribution < -0.4 is 5.32 Å². The van der Waals surface area contributed by atoms with Crippen molar-refractivity contribution in [1.29, 1.82) is 0 Å². The lowest BCUT2D eigenvalue weighted by Crippen LogP contribution is -2.41. The molecule has 1 atom stereocenters. The quantitative estimate of drug-likeness (QED) is 0.226. The van der Waals surface area contributed by atoms with Crippen LogP contribution in [-0.4, -0.2) is 36.0 Å². The van der Waals surface area contributed by atoms with E-state index in [-0.39, 0.29) is 11.7 Å². The van der Waals surface area contributed by atoms with Crippen LogP contribution in [-0.2, 0) is 0 Å². The van der Waals surface area contributed by atoms with Gasteiger partial charge in [0.2, 0.25) is 6.43 Å². The number of hydrogen-bond donors (Lipinski definition) is 1. The largest absolute Gasteiger partial charge is 0.355 e. The molecule has 1 heterocycles. The lowest BCUT2D eigenvalue weighted by Gasteiger charge is -2.34. The van der Waals surface area contributed by atoms with Crippen molar-refractivity contribution in [2.24, 2.45) is 22.7 Å². The second-order valence-electron chi connectivity index (χ2n) is 12.5. The number of aryl methyl sites for hydroxylation is 1. The molecule has 7 heteroatoms. The number of para-hydroxylation sites is 1. The lowest BCUT2D eigenvalue weighted by atomic mass is 9.84. The fourth-order valence-corrected chi connectivity index (χ4v) is 6.06. The number of hydrogen-bond acceptors (Lipinski definition) is 3. The van der Waals surface area contributed by atoms with Crippen LogP contribution in [0.4, 0.5) is 30.2 Å². The summed E-state index contributed by atoms with van der Waals surface area (Å²) in [6, 6.07) is 20.8. The highest BCUT2D eigenvalue weighted by Crippen LogP contribution is 2.45. The number of piperidine rings is 1. The fourth-order valence-electron chi connectivity index (χ4n) is 6.06. The topological polar surface area (TPSA) is 44.7 Å². The predicted molar refractivity (Wildman–Crippen MR) is 185 cm³/mol. The summed E-state index contributed by atoms with van der Waals surface area (Å²) in [7, 11) is 0. The first-order chi connectivity index (χ1) is 22.1. The van der Waals surface area contributed by atoms with Crippen molar-refractivity contribution >= 4 is 34.3 Å². The summed E-state index contributed by atoms with van der Waals surface area (Å²) in [6.07, 6.45) is 6.29. The van der Waals surface area contributed by atoms with E-state index in [4.69, 9.17) is 4.99 Å². The van der Waals surface area contributed by atoms with Gasteiger partial charge < -0.3 is 10.2 Å². The summed E-state index contributed by atoms with van der Waals surface area (Å²) in [5.74, 6) is 1.11. The molecule has 4 nitrogen and oxygen atoms in total. The smallest absolute Gasteiger partial charge is 0.253 e. The maximum Gasteiger partial charge on any atom is 0.253 e. The zero-order valence-corrected chi connectivity index (χ0v) is 27.8. The molecule has 1 N–H and O–H groups in total. The number of carbonyl (C=O) groups is 1. The van der Waals surface area contributed by atoms with Gasteiger partial charge in [-0.25, -0.2) is 13.2 Å². The first kappa shape index (κ1) is 35.0. The summed E-state index contributed by atoms with van der Waals surface area (Å²) in [4.78, 5) is 21.0. The molecule has 1 unspecified atom stereocenters. The zero-order valence-electron chi connectivity index (χ0n) is 27.8. The van der Waals surface area contributed by atoms with E-state index in [1.807, 2.05) is 23.1 Å². The van der Waals surface area contributed by atoms with E-state index >= 15 is 0 Å². The number of nitrogens with one attached hydrogen (secondary N) is 1. The highest BCUT2D eigenvalue weighted by molar-refractivity contribution is 5.97. The van der Waals surface area contributed by atoms with Gasteiger partial charge >= 0.3 is 0 Å². The monoisotopic (exact) mass is 631 g/mol. The number of allylic oxidation sites excluding steroid dienone is 2. The van der Waals surface area contributed by atoms with Gasteiger partial charge in [-0.15, -0.1) is 0 Å². The van der Waals surface area contributed by atoms with E-state index in [0.29, 0.717) is 29.0 Å². The van der Waals surface area contributed by atoms with E-state index in [1.165, 1.54) is 41.8 Å². The van der Waals surface area contributed by atoms with E-state index in [9.17, 15) is 18.0 Å². The second-order valence-corrected chi connectivity index (χ2v) is 12.5. The molecule has 1 saturated carbocycles. The van der Waals surface area contributed by atoms with Crippen LogP contribution in [0.25, 0.3) is 5.57 Å². The average Bonchev–Trinajstić information content (AvgIpc) is 3.88. The van der Waals surface area contributed by atoms with Crippen molar-refractivity contribution in [2.45, 2.75) is 79.6 Å². The Morgan fingerprint density at radius 3 is 2.26 bits per heavy atom. The van der Waals surface area contributed by atoms with E-state index in [1.54, 1.807) is 6.07 Å². The maximum absolute atomic E-state index is 13.9. The number of alkyl halides is 2. The molecule has 2 fully saturated rings. The Morgan fingerprint density at radius 1 is 0.957 bits per heavy atom. The van der Waals surface area contributed by atoms with Crippen molar-refractivity contribution in [2.75, 3.05) is 18.4 Å². The van der Waals surface area contributed by atoms with Gasteiger partial charge in [0, 0.05) is 47.2 Å². The summed E-state index contributed by atoms with van der Waals surface area (Å²) in [6.45, 7) is 11.1. The van der Waals surface area contributed by atoms with Crippen molar-refractivity contribution < 1.29 is 18.0 Å². The van der Waals surface area contributed by atoms with Gasteiger partial charge in [0.25, 0.3) is 5.91 Å². The minimum Gasteiger partial charge on any atom is -0.355 e. The van der Waals surface area contributed by atoms with Crippen LogP contribution in [0.3, 0.4) is 0 Å². The van der Waals surface area contributed by atoms with Gasteiger partial charge in [0.1, 0.15) is 5.82 Å². The number of anilines is 2. The zero-order chi connectivity index (χ0) is 33.2. The highest BCUT2D eigenvalue weighted by atomic mass is 19.3. The maximum atomic E-state index is 13.9. The highest BCUT2D eigenvalue weighted by Gasteiger charge is 2.31. The van der Waals surface area contributed by atoms with Gasteiger partial charge in [0.15, 0.2) is 0 Å². The number of amides is 1. The Bertz CT molecular complexity index is 1520. The third-order valence-electron chi connectivity index (χ3n) is 8.81. The average molecular weight is 632 g/mol. The Balaban J connectivity index is 0.00000113. The van der Waals surface area contributed by atoms with Crippen molar-refractivity contribution in [3.8, 4) is 0 Å².